The first-order valence-corrected chi connectivity index (χ1v) is 6.82. The van der Waals surface area contributed by atoms with Crippen LogP contribution in [0.15, 0.2) is 15.5 Å². The van der Waals surface area contributed by atoms with Crippen LogP contribution in [0.2, 0.25) is 0 Å². The highest BCUT2D eigenvalue weighted by Gasteiger charge is 2.21. The Morgan fingerprint density at radius 3 is 1.76 bits per heavy atom. The molecule has 0 bridgehead atoms. The quantitative estimate of drug-likeness (QED) is 0.740. The molecule has 0 saturated heterocycles. The van der Waals surface area contributed by atoms with Gasteiger partial charge in [0.05, 0.1) is 0 Å². The summed E-state index contributed by atoms with van der Waals surface area (Å²) in [5.41, 5.74) is -0.123. The number of aromatic nitrogens is 5. The molecule has 2 aromatic heterocycles. The Labute approximate surface area is 125 Å². The summed E-state index contributed by atoms with van der Waals surface area (Å²) < 4.78 is 7.79. The average molecular weight is 295 g/mol. The minimum atomic E-state index is -0.407. The van der Waals surface area contributed by atoms with Gasteiger partial charge in [0, 0.05) is 24.9 Å². The van der Waals surface area contributed by atoms with Crippen LogP contribution in [0.4, 0.5) is 0 Å². The van der Waals surface area contributed by atoms with E-state index in [1.807, 2.05) is 27.8 Å². The fourth-order valence-corrected chi connectivity index (χ4v) is 1.33. The van der Waals surface area contributed by atoms with Gasteiger partial charge in [0.25, 0.3) is 0 Å². The second-order valence-electron chi connectivity index (χ2n) is 7.04. The summed E-state index contributed by atoms with van der Waals surface area (Å²) in [4.78, 5) is 15.0. The first-order chi connectivity index (χ1) is 9.41. The molecule has 0 N–H and O–H groups in total. The van der Waals surface area contributed by atoms with Crippen LogP contribution in [0.5, 0.6) is 0 Å². The predicted octanol–water partition coefficient (Wildman–Crippen LogP) is 1.78. The lowest BCUT2D eigenvalue weighted by Gasteiger charge is -2.11. The highest BCUT2D eigenvalue weighted by Crippen LogP contribution is 2.17. The molecular weight excluding hydrogens is 270 g/mol. The van der Waals surface area contributed by atoms with Crippen molar-refractivity contribution >= 4 is 0 Å². The third-order valence-corrected chi connectivity index (χ3v) is 2.60. The smallest absolute Gasteiger partial charge is 0.392 e. The zero-order valence-corrected chi connectivity index (χ0v) is 14.1. The summed E-state index contributed by atoms with van der Waals surface area (Å²) in [7, 11) is 3.45. The van der Waals surface area contributed by atoms with Crippen molar-refractivity contribution in [3.8, 4) is 0 Å². The summed E-state index contributed by atoms with van der Waals surface area (Å²) in [6, 6.07) is 0. The second kappa shape index (κ2) is 5.83. The predicted molar refractivity (Wildman–Crippen MR) is 80.1 cm³/mol. The third-order valence-electron chi connectivity index (χ3n) is 2.60. The monoisotopic (exact) mass is 295 g/mol. The molecule has 7 heteroatoms. The van der Waals surface area contributed by atoms with E-state index >= 15 is 0 Å². The molecule has 0 aliphatic heterocycles. The first kappa shape index (κ1) is 17.1. The molecule has 2 heterocycles. The zero-order chi connectivity index (χ0) is 16.4. The SMILES string of the molecule is Cn1cnc(C(C)(C)C)n1.Cn1nc(C(C)(C)C)oc1=O. The van der Waals surface area contributed by atoms with E-state index in [-0.39, 0.29) is 10.8 Å². The Morgan fingerprint density at radius 1 is 1.00 bits per heavy atom. The first-order valence-electron chi connectivity index (χ1n) is 6.82. The van der Waals surface area contributed by atoms with Gasteiger partial charge in [-0.05, 0) is 0 Å². The van der Waals surface area contributed by atoms with Crippen molar-refractivity contribution in [2.24, 2.45) is 14.1 Å². The van der Waals surface area contributed by atoms with Crippen LogP contribution in [0.1, 0.15) is 53.3 Å². The highest BCUT2D eigenvalue weighted by atomic mass is 16.4. The van der Waals surface area contributed by atoms with Crippen LogP contribution in [0.25, 0.3) is 0 Å². The van der Waals surface area contributed by atoms with Crippen molar-refractivity contribution in [3.63, 3.8) is 0 Å². The summed E-state index contributed by atoms with van der Waals surface area (Å²) in [6.45, 7) is 12.1. The van der Waals surface area contributed by atoms with Gasteiger partial charge < -0.3 is 4.42 Å². The van der Waals surface area contributed by atoms with E-state index in [1.165, 1.54) is 4.68 Å². The van der Waals surface area contributed by atoms with Crippen molar-refractivity contribution in [2.75, 3.05) is 0 Å². The van der Waals surface area contributed by atoms with Gasteiger partial charge in [-0.25, -0.2) is 9.78 Å². The molecule has 0 aliphatic carbocycles. The maximum atomic E-state index is 10.8. The van der Waals surface area contributed by atoms with E-state index in [1.54, 1.807) is 18.1 Å². The third kappa shape index (κ3) is 4.84. The van der Waals surface area contributed by atoms with E-state index < -0.39 is 5.76 Å². The van der Waals surface area contributed by atoms with Crippen LogP contribution < -0.4 is 5.76 Å². The van der Waals surface area contributed by atoms with Crippen molar-refractivity contribution in [1.82, 2.24) is 24.5 Å². The van der Waals surface area contributed by atoms with Crippen molar-refractivity contribution in [2.45, 2.75) is 52.4 Å². The largest absolute Gasteiger partial charge is 0.436 e. The zero-order valence-electron chi connectivity index (χ0n) is 14.1. The summed E-state index contributed by atoms with van der Waals surface area (Å²) in [6.07, 6.45) is 1.72. The van der Waals surface area contributed by atoms with Gasteiger partial charge >= 0.3 is 5.76 Å². The summed E-state index contributed by atoms with van der Waals surface area (Å²) in [5.74, 6) is 0.968. The minimum absolute atomic E-state index is 0.0707. The Balaban J connectivity index is 0.000000211. The number of nitrogens with zero attached hydrogens (tertiary/aromatic N) is 5. The summed E-state index contributed by atoms with van der Waals surface area (Å²) in [5, 5.41) is 8.11. The van der Waals surface area contributed by atoms with Gasteiger partial charge in [0.2, 0.25) is 5.89 Å². The fourth-order valence-electron chi connectivity index (χ4n) is 1.33. The van der Waals surface area contributed by atoms with Crippen LogP contribution in [0, 0.1) is 0 Å². The molecule has 0 radical (unpaired) electrons. The van der Waals surface area contributed by atoms with E-state index in [9.17, 15) is 4.79 Å². The number of aryl methyl sites for hydroxylation is 2. The van der Waals surface area contributed by atoms with Gasteiger partial charge in [-0.2, -0.15) is 9.78 Å². The molecular formula is C14H25N5O2. The molecule has 0 atom stereocenters. The number of rotatable bonds is 0. The van der Waals surface area contributed by atoms with Gasteiger partial charge in [-0.15, -0.1) is 5.10 Å². The van der Waals surface area contributed by atoms with Crippen LogP contribution in [0.3, 0.4) is 0 Å². The van der Waals surface area contributed by atoms with E-state index in [0.717, 1.165) is 5.82 Å². The lowest BCUT2D eigenvalue weighted by atomic mass is 9.96. The molecule has 2 rings (SSSR count). The summed E-state index contributed by atoms with van der Waals surface area (Å²) >= 11 is 0. The van der Waals surface area contributed by atoms with E-state index in [2.05, 4.69) is 36.0 Å². The Bertz CT molecular complexity index is 637. The van der Waals surface area contributed by atoms with E-state index in [4.69, 9.17) is 4.42 Å². The van der Waals surface area contributed by atoms with Gasteiger partial charge in [-0.3, -0.25) is 4.68 Å². The van der Waals surface area contributed by atoms with Crippen LogP contribution in [-0.4, -0.2) is 24.5 Å². The van der Waals surface area contributed by atoms with Gasteiger partial charge in [-0.1, -0.05) is 41.5 Å². The lowest BCUT2D eigenvalue weighted by Crippen LogP contribution is -2.13. The van der Waals surface area contributed by atoms with E-state index in [0.29, 0.717) is 5.89 Å². The standard InChI is InChI=1S/C7H13N3.C7H12N2O2/c1-7(2,3)6-8-5-10(4)9-6;1-7(2,3)5-8-9(4)6(10)11-5/h5H,1-4H3;1-4H3. The van der Waals surface area contributed by atoms with Crippen molar-refractivity contribution in [1.29, 1.82) is 0 Å². The van der Waals surface area contributed by atoms with Gasteiger partial charge in [0.1, 0.15) is 6.33 Å². The molecule has 0 aromatic carbocycles. The molecule has 0 aliphatic rings. The Hall–Kier alpha value is -1.92. The molecule has 7 nitrogen and oxygen atoms in total. The van der Waals surface area contributed by atoms with Crippen molar-refractivity contribution in [3.05, 3.63) is 28.6 Å². The molecule has 21 heavy (non-hydrogen) atoms. The molecule has 0 saturated carbocycles. The molecule has 0 fully saturated rings. The van der Waals surface area contributed by atoms with Crippen LogP contribution in [-0.2, 0) is 24.9 Å². The number of hydrogen-bond acceptors (Lipinski definition) is 5. The Kier molecular flexibility index (Phi) is 4.76. The second-order valence-corrected chi connectivity index (χ2v) is 7.04. The molecule has 2 aromatic rings. The lowest BCUT2D eigenvalue weighted by molar-refractivity contribution is 0.375. The maximum Gasteiger partial charge on any atom is 0.436 e. The highest BCUT2D eigenvalue weighted by molar-refractivity contribution is 4.98. The topological polar surface area (TPSA) is 78.7 Å². The van der Waals surface area contributed by atoms with Crippen LogP contribution >= 0.6 is 0 Å². The molecule has 0 spiro atoms. The fraction of sp³-hybridized carbons (Fsp3) is 0.714. The normalized spacial score (nSPS) is 12.0. The molecule has 0 amide bonds. The average Bonchev–Trinajstić information content (AvgIpc) is 2.86. The Morgan fingerprint density at radius 2 is 1.57 bits per heavy atom. The van der Waals surface area contributed by atoms with Crippen molar-refractivity contribution < 1.29 is 4.42 Å². The molecule has 118 valence electrons. The maximum absolute atomic E-state index is 10.8. The van der Waals surface area contributed by atoms with Gasteiger partial charge in [0.15, 0.2) is 5.82 Å². The molecule has 0 unspecified atom stereocenters. The minimum Gasteiger partial charge on any atom is -0.392 e. The number of hydrogen-bond donors (Lipinski definition) is 0.